The number of nitro benzene ring substituents is 1. The average Bonchev–Trinajstić information content (AvgIpc) is 2.71. The summed E-state index contributed by atoms with van der Waals surface area (Å²) in [6.07, 6.45) is 0. The first-order valence-corrected chi connectivity index (χ1v) is 8.38. The maximum Gasteiger partial charge on any atom is 0.338 e. The maximum atomic E-state index is 11.8. The van der Waals surface area contributed by atoms with Gasteiger partial charge in [-0.25, -0.2) is 10.2 Å². The summed E-state index contributed by atoms with van der Waals surface area (Å²) in [5, 5.41) is 14.6. The molecule has 0 aliphatic carbocycles. The first-order valence-electron chi connectivity index (χ1n) is 8.38. The Morgan fingerprint density at radius 2 is 1.68 bits per heavy atom. The van der Waals surface area contributed by atoms with E-state index in [9.17, 15) is 19.7 Å². The van der Waals surface area contributed by atoms with Crippen molar-refractivity contribution in [2.45, 2.75) is 13.8 Å². The summed E-state index contributed by atoms with van der Waals surface area (Å²) in [6, 6.07) is 12.0. The molecule has 0 bridgehead atoms. The smallest absolute Gasteiger partial charge is 0.338 e. The first-order chi connectivity index (χ1) is 13.4. The molecule has 0 aliphatic rings. The van der Waals surface area contributed by atoms with Crippen LogP contribution in [-0.2, 0) is 9.53 Å². The number of rotatable bonds is 8. The van der Waals surface area contributed by atoms with E-state index in [2.05, 4.69) is 10.5 Å². The quantitative estimate of drug-likeness (QED) is 0.323. The number of carbonyl (C=O) groups excluding carboxylic acids is 2. The van der Waals surface area contributed by atoms with Crippen LogP contribution in [0.15, 0.2) is 53.6 Å². The number of esters is 1. The van der Waals surface area contributed by atoms with Crippen LogP contribution in [0.5, 0.6) is 5.75 Å². The lowest BCUT2D eigenvalue weighted by Gasteiger charge is -2.07. The van der Waals surface area contributed by atoms with Crippen LogP contribution < -0.4 is 10.2 Å². The van der Waals surface area contributed by atoms with Crippen molar-refractivity contribution in [2.24, 2.45) is 5.10 Å². The Morgan fingerprint density at radius 3 is 2.25 bits per heavy atom. The van der Waals surface area contributed by atoms with Crippen molar-refractivity contribution in [2.75, 3.05) is 13.2 Å². The number of hydrogen-bond acceptors (Lipinski definition) is 7. The molecule has 0 saturated carbocycles. The van der Waals surface area contributed by atoms with Gasteiger partial charge in [-0.3, -0.25) is 14.9 Å². The van der Waals surface area contributed by atoms with Gasteiger partial charge < -0.3 is 9.47 Å². The SMILES string of the molecule is CCOC(=O)c1ccc(OCC(=O)N/N=C(/C)c2ccc([N+](=O)[O-])cc2)cc1. The van der Waals surface area contributed by atoms with Crippen molar-refractivity contribution in [1.82, 2.24) is 5.43 Å². The van der Waals surface area contributed by atoms with Crippen LogP contribution in [0, 0.1) is 10.1 Å². The van der Waals surface area contributed by atoms with Crippen molar-refractivity contribution in [3.63, 3.8) is 0 Å². The van der Waals surface area contributed by atoms with Crippen LogP contribution >= 0.6 is 0 Å². The number of benzene rings is 2. The Balaban J connectivity index is 1.85. The summed E-state index contributed by atoms with van der Waals surface area (Å²) in [6.45, 7) is 3.41. The zero-order valence-corrected chi connectivity index (χ0v) is 15.4. The summed E-state index contributed by atoms with van der Waals surface area (Å²) in [5.74, 6) is -0.488. The largest absolute Gasteiger partial charge is 0.484 e. The number of non-ortho nitro benzene ring substituents is 1. The molecule has 0 aromatic heterocycles. The molecule has 1 amide bonds. The number of nitrogens with one attached hydrogen (secondary N) is 1. The molecule has 28 heavy (non-hydrogen) atoms. The van der Waals surface area contributed by atoms with Crippen molar-refractivity contribution in [3.05, 3.63) is 69.8 Å². The number of amides is 1. The molecule has 0 spiro atoms. The normalized spacial score (nSPS) is 10.9. The van der Waals surface area contributed by atoms with E-state index in [0.717, 1.165) is 0 Å². The lowest BCUT2D eigenvalue weighted by Crippen LogP contribution is -2.25. The zero-order chi connectivity index (χ0) is 20.5. The molecular formula is C19H19N3O6. The Morgan fingerprint density at radius 1 is 1.07 bits per heavy atom. The van der Waals surface area contributed by atoms with Gasteiger partial charge in [-0.2, -0.15) is 5.10 Å². The number of nitro groups is 1. The lowest BCUT2D eigenvalue weighted by atomic mass is 10.1. The molecule has 0 radical (unpaired) electrons. The molecule has 0 saturated heterocycles. The van der Waals surface area contributed by atoms with Crippen LogP contribution in [0.2, 0.25) is 0 Å². The molecule has 0 fully saturated rings. The van der Waals surface area contributed by atoms with Gasteiger partial charge in [0.2, 0.25) is 0 Å². The van der Waals surface area contributed by atoms with Gasteiger partial charge >= 0.3 is 5.97 Å². The van der Waals surface area contributed by atoms with Crippen LogP contribution in [-0.4, -0.2) is 35.7 Å². The third-order valence-corrected chi connectivity index (χ3v) is 3.58. The molecule has 9 heteroatoms. The van der Waals surface area contributed by atoms with Crippen molar-refractivity contribution >= 4 is 23.3 Å². The molecule has 2 aromatic carbocycles. The summed E-state index contributed by atoms with van der Waals surface area (Å²) < 4.78 is 10.2. The Kier molecular flexibility index (Phi) is 7.21. The van der Waals surface area contributed by atoms with Crippen LogP contribution in [0.25, 0.3) is 0 Å². The van der Waals surface area contributed by atoms with E-state index in [1.807, 2.05) is 0 Å². The molecule has 0 atom stereocenters. The van der Waals surface area contributed by atoms with Crippen molar-refractivity contribution in [1.29, 1.82) is 0 Å². The minimum Gasteiger partial charge on any atom is -0.484 e. The average molecular weight is 385 g/mol. The van der Waals surface area contributed by atoms with Crippen molar-refractivity contribution in [3.8, 4) is 5.75 Å². The molecule has 0 aliphatic heterocycles. The fourth-order valence-electron chi connectivity index (χ4n) is 2.12. The number of ether oxygens (including phenoxy) is 2. The number of hydrogen-bond donors (Lipinski definition) is 1. The highest BCUT2D eigenvalue weighted by Crippen LogP contribution is 2.13. The highest BCUT2D eigenvalue weighted by Gasteiger charge is 2.08. The molecule has 9 nitrogen and oxygen atoms in total. The second kappa shape index (κ2) is 9.81. The molecule has 2 rings (SSSR count). The van der Waals surface area contributed by atoms with Gasteiger partial charge in [0.25, 0.3) is 11.6 Å². The second-order valence-corrected chi connectivity index (χ2v) is 5.57. The fraction of sp³-hybridized carbons (Fsp3) is 0.211. The molecule has 0 unspecified atom stereocenters. The lowest BCUT2D eigenvalue weighted by molar-refractivity contribution is -0.384. The van der Waals surface area contributed by atoms with Crippen LogP contribution in [0.3, 0.4) is 0 Å². The summed E-state index contributed by atoms with van der Waals surface area (Å²) in [7, 11) is 0. The van der Waals surface area contributed by atoms with E-state index in [-0.39, 0.29) is 18.9 Å². The third-order valence-electron chi connectivity index (χ3n) is 3.58. The van der Waals surface area contributed by atoms with Gasteiger partial charge in [0.15, 0.2) is 6.61 Å². The summed E-state index contributed by atoms with van der Waals surface area (Å²) in [4.78, 5) is 33.6. The number of carbonyl (C=O) groups is 2. The van der Waals surface area contributed by atoms with Crippen molar-refractivity contribution < 1.29 is 24.0 Å². The molecular weight excluding hydrogens is 366 g/mol. The highest BCUT2D eigenvalue weighted by atomic mass is 16.6. The standard InChI is InChI=1S/C19H19N3O6/c1-3-27-19(24)15-6-10-17(11-7-15)28-12-18(23)21-20-13(2)14-4-8-16(9-5-14)22(25)26/h4-11H,3,12H2,1-2H3,(H,21,23)/b20-13-. The molecule has 2 aromatic rings. The number of hydrazone groups is 1. The van der Waals surface area contributed by atoms with E-state index >= 15 is 0 Å². The maximum absolute atomic E-state index is 11.8. The first kappa shape index (κ1) is 20.6. The van der Waals surface area contributed by atoms with Crippen LogP contribution in [0.4, 0.5) is 5.69 Å². The van der Waals surface area contributed by atoms with Gasteiger partial charge in [0.1, 0.15) is 5.75 Å². The molecule has 146 valence electrons. The second-order valence-electron chi connectivity index (χ2n) is 5.57. The van der Waals surface area contributed by atoms with Gasteiger partial charge in [0, 0.05) is 12.1 Å². The predicted octanol–water partition coefficient (Wildman–Crippen LogP) is 2.69. The number of nitrogens with zero attached hydrogens (tertiary/aromatic N) is 2. The summed E-state index contributed by atoms with van der Waals surface area (Å²) >= 11 is 0. The Hall–Kier alpha value is -3.75. The third kappa shape index (κ3) is 5.90. The van der Waals surface area contributed by atoms with E-state index in [1.165, 1.54) is 12.1 Å². The topological polar surface area (TPSA) is 120 Å². The van der Waals surface area contributed by atoms with Gasteiger partial charge in [0.05, 0.1) is 22.8 Å². The minimum atomic E-state index is -0.491. The molecule has 0 heterocycles. The molecule has 1 N–H and O–H groups in total. The minimum absolute atomic E-state index is 0.0250. The Bertz CT molecular complexity index is 876. The summed E-state index contributed by atoms with van der Waals surface area (Å²) in [5.41, 5.74) is 3.84. The van der Waals surface area contributed by atoms with Gasteiger partial charge in [-0.1, -0.05) is 0 Å². The predicted molar refractivity (Wildman–Crippen MR) is 101 cm³/mol. The zero-order valence-electron chi connectivity index (χ0n) is 15.4. The van der Waals surface area contributed by atoms with E-state index in [4.69, 9.17) is 9.47 Å². The van der Waals surface area contributed by atoms with E-state index in [0.29, 0.717) is 22.6 Å². The van der Waals surface area contributed by atoms with Gasteiger partial charge in [-0.05, 0) is 55.8 Å². The monoisotopic (exact) mass is 385 g/mol. The highest BCUT2D eigenvalue weighted by molar-refractivity contribution is 5.99. The van der Waals surface area contributed by atoms with Gasteiger partial charge in [-0.15, -0.1) is 0 Å². The van der Waals surface area contributed by atoms with E-state index in [1.54, 1.807) is 50.2 Å². The Labute approximate surface area is 161 Å². The van der Waals surface area contributed by atoms with E-state index < -0.39 is 16.8 Å². The fourth-order valence-corrected chi connectivity index (χ4v) is 2.12. The van der Waals surface area contributed by atoms with Crippen LogP contribution in [0.1, 0.15) is 29.8 Å².